The first-order valence-electron chi connectivity index (χ1n) is 6.91. The molecule has 0 aliphatic carbocycles. The van der Waals surface area contributed by atoms with Gasteiger partial charge in [-0.1, -0.05) is 12.1 Å². The summed E-state index contributed by atoms with van der Waals surface area (Å²) in [6.45, 7) is 1.01. The van der Waals surface area contributed by atoms with Gasteiger partial charge in [-0.25, -0.2) is 0 Å². The second kappa shape index (κ2) is 7.56. The van der Waals surface area contributed by atoms with Gasteiger partial charge in [-0.3, -0.25) is 4.79 Å². The van der Waals surface area contributed by atoms with Crippen molar-refractivity contribution >= 4 is 17.7 Å². The van der Waals surface area contributed by atoms with Crippen molar-refractivity contribution in [3.05, 3.63) is 24.3 Å². The van der Waals surface area contributed by atoms with Gasteiger partial charge < -0.3 is 19.5 Å². The number of aliphatic hydroxyl groups excluding tert-OH is 1. The standard InChI is InChI=1S/C15H21NO4S/c1-19-13-5-3-4-6-14(13)20-11-9-16(10-11)15(18)12(17)7-8-21-2/h3-6,11-12,17H,7-10H2,1-2H3/t12-/m0/s1. The Balaban J connectivity index is 1.80. The van der Waals surface area contributed by atoms with Crippen molar-refractivity contribution in [3.8, 4) is 11.5 Å². The predicted octanol–water partition coefficient (Wildman–Crippen LogP) is 1.40. The van der Waals surface area contributed by atoms with E-state index >= 15 is 0 Å². The fourth-order valence-electron chi connectivity index (χ4n) is 2.15. The van der Waals surface area contributed by atoms with E-state index in [9.17, 15) is 9.90 Å². The molecule has 1 aromatic rings. The fourth-order valence-corrected chi connectivity index (χ4v) is 2.61. The van der Waals surface area contributed by atoms with Crippen molar-refractivity contribution in [2.45, 2.75) is 18.6 Å². The molecule has 6 heteroatoms. The summed E-state index contributed by atoms with van der Waals surface area (Å²) in [6, 6.07) is 7.44. The number of hydrogen-bond donors (Lipinski definition) is 1. The Morgan fingerprint density at radius 2 is 2.10 bits per heavy atom. The van der Waals surface area contributed by atoms with Crippen LogP contribution in [-0.2, 0) is 4.79 Å². The van der Waals surface area contributed by atoms with Gasteiger partial charge in [0, 0.05) is 0 Å². The first-order chi connectivity index (χ1) is 10.2. The van der Waals surface area contributed by atoms with Crippen molar-refractivity contribution in [1.29, 1.82) is 0 Å². The average Bonchev–Trinajstić information content (AvgIpc) is 2.47. The van der Waals surface area contributed by atoms with E-state index in [4.69, 9.17) is 9.47 Å². The van der Waals surface area contributed by atoms with Crippen LogP contribution in [0.15, 0.2) is 24.3 Å². The Morgan fingerprint density at radius 3 is 2.71 bits per heavy atom. The van der Waals surface area contributed by atoms with Gasteiger partial charge in [0.1, 0.15) is 12.2 Å². The summed E-state index contributed by atoms with van der Waals surface area (Å²) < 4.78 is 11.0. The van der Waals surface area contributed by atoms with E-state index in [0.717, 1.165) is 5.75 Å². The van der Waals surface area contributed by atoms with Crippen LogP contribution in [0.3, 0.4) is 0 Å². The topological polar surface area (TPSA) is 59.0 Å². The molecule has 1 aliphatic rings. The summed E-state index contributed by atoms with van der Waals surface area (Å²) in [5.41, 5.74) is 0. The van der Waals surface area contributed by atoms with Gasteiger partial charge in [0.05, 0.1) is 20.2 Å². The first kappa shape index (κ1) is 16.0. The average molecular weight is 311 g/mol. The van der Waals surface area contributed by atoms with E-state index in [1.54, 1.807) is 23.8 Å². The number of likely N-dealkylation sites (tertiary alicyclic amines) is 1. The molecule has 116 valence electrons. The number of rotatable bonds is 7. The molecule has 0 spiro atoms. The van der Waals surface area contributed by atoms with Crippen LogP contribution < -0.4 is 9.47 Å². The van der Waals surface area contributed by atoms with Crippen LogP contribution in [0, 0.1) is 0 Å². The van der Waals surface area contributed by atoms with E-state index in [1.165, 1.54) is 0 Å². The van der Waals surface area contributed by atoms with Gasteiger partial charge in [0.15, 0.2) is 11.5 Å². The van der Waals surface area contributed by atoms with Crippen molar-refractivity contribution in [2.75, 3.05) is 32.2 Å². The number of benzene rings is 1. The van der Waals surface area contributed by atoms with Gasteiger partial charge >= 0.3 is 0 Å². The second-order valence-corrected chi connectivity index (χ2v) is 5.92. The highest BCUT2D eigenvalue weighted by molar-refractivity contribution is 7.98. The Hall–Kier alpha value is -1.40. The molecule has 1 atom stereocenters. The predicted molar refractivity (Wildman–Crippen MR) is 83.0 cm³/mol. The van der Waals surface area contributed by atoms with Gasteiger partial charge in [0.2, 0.25) is 0 Å². The van der Waals surface area contributed by atoms with Crippen LogP contribution in [0.1, 0.15) is 6.42 Å². The SMILES string of the molecule is COc1ccccc1OC1CN(C(=O)[C@@H](O)CCSC)C1. The Kier molecular flexibility index (Phi) is 5.76. The van der Waals surface area contributed by atoms with Crippen LogP contribution in [0.5, 0.6) is 11.5 Å². The number of nitrogens with zero attached hydrogens (tertiary/aromatic N) is 1. The number of aliphatic hydroxyl groups is 1. The Bertz CT molecular complexity index is 476. The fraction of sp³-hybridized carbons (Fsp3) is 0.533. The van der Waals surface area contributed by atoms with Crippen LogP contribution >= 0.6 is 11.8 Å². The second-order valence-electron chi connectivity index (χ2n) is 4.93. The molecule has 1 saturated heterocycles. The molecule has 0 radical (unpaired) electrons. The monoisotopic (exact) mass is 311 g/mol. The van der Waals surface area contributed by atoms with Gasteiger partial charge in [0.25, 0.3) is 5.91 Å². The molecular formula is C15H21NO4S. The summed E-state index contributed by atoms with van der Waals surface area (Å²) in [7, 11) is 1.60. The number of para-hydroxylation sites is 2. The zero-order valence-corrected chi connectivity index (χ0v) is 13.1. The van der Waals surface area contributed by atoms with E-state index in [2.05, 4.69) is 0 Å². The number of carbonyl (C=O) groups is 1. The summed E-state index contributed by atoms with van der Waals surface area (Å²) in [5, 5.41) is 9.78. The van der Waals surface area contributed by atoms with Gasteiger partial charge in [-0.15, -0.1) is 0 Å². The van der Waals surface area contributed by atoms with Crippen LogP contribution in [-0.4, -0.2) is 60.3 Å². The molecule has 1 amide bonds. The minimum absolute atomic E-state index is 0.0435. The number of methoxy groups -OCH3 is 1. The highest BCUT2D eigenvalue weighted by Crippen LogP contribution is 2.28. The third-order valence-electron chi connectivity index (χ3n) is 3.40. The molecule has 5 nitrogen and oxygen atoms in total. The molecule has 2 rings (SSSR count). The molecule has 1 N–H and O–H groups in total. The molecular weight excluding hydrogens is 290 g/mol. The summed E-state index contributed by atoms with van der Waals surface area (Å²) in [6.07, 6.45) is 1.51. The molecule has 0 unspecified atom stereocenters. The third-order valence-corrected chi connectivity index (χ3v) is 4.05. The van der Waals surface area contributed by atoms with Gasteiger partial charge in [-0.2, -0.15) is 11.8 Å². The van der Waals surface area contributed by atoms with E-state index in [0.29, 0.717) is 31.0 Å². The van der Waals surface area contributed by atoms with Crippen LogP contribution in [0.4, 0.5) is 0 Å². The van der Waals surface area contributed by atoms with Crippen LogP contribution in [0.2, 0.25) is 0 Å². The lowest BCUT2D eigenvalue weighted by Crippen LogP contribution is -2.58. The number of thioether (sulfide) groups is 1. The Labute approximate surface area is 129 Å². The first-order valence-corrected chi connectivity index (χ1v) is 8.30. The van der Waals surface area contributed by atoms with Crippen molar-refractivity contribution in [3.63, 3.8) is 0 Å². The zero-order valence-electron chi connectivity index (χ0n) is 12.3. The Morgan fingerprint density at radius 1 is 1.43 bits per heavy atom. The zero-order chi connectivity index (χ0) is 15.2. The maximum atomic E-state index is 11.9. The third kappa shape index (κ3) is 4.04. The number of ether oxygens (including phenoxy) is 2. The number of hydrogen-bond acceptors (Lipinski definition) is 5. The van der Waals surface area contributed by atoms with E-state index in [-0.39, 0.29) is 12.0 Å². The van der Waals surface area contributed by atoms with Crippen molar-refractivity contribution in [1.82, 2.24) is 4.90 Å². The molecule has 1 aliphatic heterocycles. The highest BCUT2D eigenvalue weighted by Gasteiger charge is 2.35. The summed E-state index contributed by atoms with van der Waals surface area (Å²) in [4.78, 5) is 13.6. The molecule has 1 aromatic carbocycles. The highest BCUT2D eigenvalue weighted by atomic mass is 32.2. The normalized spacial score (nSPS) is 16.2. The number of carbonyl (C=O) groups excluding carboxylic acids is 1. The molecule has 21 heavy (non-hydrogen) atoms. The molecule has 1 fully saturated rings. The molecule has 0 aromatic heterocycles. The van der Waals surface area contributed by atoms with Crippen molar-refractivity contribution < 1.29 is 19.4 Å². The molecule has 1 heterocycles. The lowest BCUT2D eigenvalue weighted by molar-refractivity contribution is -0.149. The summed E-state index contributed by atoms with van der Waals surface area (Å²) in [5.74, 6) is 1.94. The maximum absolute atomic E-state index is 11.9. The molecule has 0 saturated carbocycles. The smallest absolute Gasteiger partial charge is 0.251 e. The van der Waals surface area contributed by atoms with Crippen LogP contribution in [0.25, 0.3) is 0 Å². The minimum Gasteiger partial charge on any atom is -0.493 e. The lowest BCUT2D eigenvalue weighted by atomic mass is 10.1. The van der Waals surface area contributed by atoms with Crippen molar-refractivity contribution in [2.24, 2.45) is 0 Å². The molecule has 0 bridgehead atoms. The van der Waals surface area contributed by atoms with Gasteiger partial charge in [-0.05, 0) is 30.6 Å². The lowest BCUT2D eigenvalue weighted by Gasteiger charge is -2.40. The minimum atomic E-state index is -0.898. The quantitative estimate of drug-likeness (QED) is 0.825. The van der Waals surface area contributed by atoms with E-state index in [1.807, 2.05) is 30.5 Å². The number of amides is 1. The maximum Gasteiger partial charge on any atom is 0.251 e. The van der Waals surface area contributed by atoms with E-state index < -0.39 is 6.10 Å². The summed E-state index contributed by atoms with van der Waals surface area (Å²) >= 11 is 1.62. The largest absolute Gasteiger partial charge is 0.493 e.